The van der Waals surface area contributed by atoms with Gasteiger partial charge in [0, 0.05) is 24.7 Å². The van der Waals surface area contributed by atoms with Crippen LogP contribution >= 0.6 is 0 Å². The Morgan fingerprint density at radius 1 is 1.47 bits per heavy atom. The van der Waals surface area contributed by atoms with E-state index < -0.39 is 0 Å². The van der Waals surface area contributed by atoms with E-state index in [0.29, 0.717) is 18.2 Å². The summed E-state index contributed by atoms with van der Waals surface area (Å²) in [7, 11) is 1.60. The Labute approximate surface area is 90.9 Å². The first-order valence-electron chi connectivity index (χ1n) is 5.23. The molecule has 0 saturated heterocycles. The van der Waals surface area contributed by atoms with Gasteiger partial charge in [-0.25, -0.2) is 4.98 Å². The van der Waals surface area contributed by atoms with Crippen molar-refractivity contribution in [3.63, 3.8) is 0 Å². The maximum Gasteiger partial charge on any atom is 0.216 e. The van der Waals surface area contributed by atoms with E-state index in [1.54, 1.807) is 19.4 Å². The molecule has 0 radical (unpaired) electrons. The van der Waals surface area contributed by atoms with Crippen LogP contribution in [0.25, 0.3) is 0 Å². The molecule has 4 heteroatoms. The average Bonchev–Trinajstić information content (AvgIpc) is 2.16. The first kappa shape index (κ1) is 11.9. The van der Waals surface area contributed by atoms with Gasteiger partial charge < -0.3 is 10.5 Å². The van der Waals surface area contributed by atoms with Gasteiger partial charge in [0.1, 0.15) is 5.82 Å². The van der Waals surface area contributed by atoms with Crippen LogP contribution in [0.3, 0.4) is 0 Å². The van der Waals surface area contributed by atoms with Gasteiger partial charge in [0.05, 0.1) is 7.11 Å². The van der Waals surface area contributed by atoms with E-state index in [9.17, 15) is 0 Å². The molecule has 0 bridgehead atoms. The number of hydrogen-bond donors (Lipinski definition) is 1. The lowest BCUT2D eigenvalue weighted by Gasteiger charge is -2.12. The first-order valence-corrected chi connectivity index (χ1v) is 5.23. The van der Waals surface area contributed by atoms with Crippen molar-refractivity contribution < 1.29 is 4.74 Å². The van der Waals surface area contributed by atoms with Gasteiger partial charge in [0.2, 0.25) is 5.88 Å². The Balaban J connectivity index is 2.55. The molecule has 1 aromatic heterocycles. The molecule has 0 amide bonds. The Bertz CT molecular complexity index is 302. The number of nitrogens with two attached hydrogens (primary N) is 1. The molecule has 15 heavy (non-hydrogen) atoms. The van der Waals surface area contributed by atoms with Gasteiger partial charge in [0.25, 0.3) is 0 Å². The average molecular weight is 209 g/mol. The molecule has 0 aromatic carbocycles. The van der Waals surface area contributed by atoms with Gasteiger partial charge in [0.15, 0.2) is 0 Å². The molecule has 1 heterocycles. The summed E-state index contributed by atoms with van der Waals surface area (Å²) in [5.74, 6) is 1.95. The lowest BCUT2D eigenvalue weighted by atomic mass is 10.0. The molecule has 0 aliphatic heterocycles. The first-order chi connectivity index (χ1) is 7.11. The normalized spacial score (nSPS) is 12.9. The number of hydrogen-bond acceptors (Lipinski definition) is 4. The van der Waals surface area contributed by atoms with Crippen LogP contribution in [-0.2, 0) is 6.42 Å². The van der Waals surface area contributed by atoms with Gasteiger partial charge in [-0.1, -0.05) is 13.8 Å². The fraction of sp³-hybridized carbons (Fsp3) is 0.636. The van der Waals surface area contributed by atoms with Crippen molar-refractivity contribution in [3.8, 4) is 5.88 Å². The molecule has 0 aliphatic rings. The number of aromatic nitrogens is 2. The van der Waals surface area contributed by atoms with Gasteiger partial charge >= 0.3 is 0 Å². The monoisotopic (exact) mass is 209 g/mol. The van der Waals surface area contributed by atoms with Crippen molar-refractivity contribution in [1.29, 1.82) is 0 Å². The van der Waals surface area contributed by atoms with Crippen LogP contribution in [0, 0.1) is 5.92 Å². The van der Waals surface area contributed by atoms with Crippen LogP contribution < -0.4 is 10.5 Å². The van der Waals surface area contributed by atoms with Crippen LogP contribution in [0.4, 0.5) is 0 Å². The Hall–Kier alpha value is -1.16. The SMILES string of the molecule is COc1ccnc(CC(N)CC(C)C)n1. The molecule has 1 aromatic rings. The minimum atomic E-state index is 0.122. The van der Waals surface area contributed by atoms with Gasteiger partial charge in [-0.05, 0) is 12.3 Å². The molecule has 1 rings (SSSR count). The maximum absolute atomic E-state index is 5.98. The van der Waals surface area contributed by atoms with Crippen LogP contribution in [0.1, 0.15) is 26.1 Å². The Morgan fingerprint density at radius 3 is 2.80 bits per heavy atom. The van der Waals surface area contributed by atoms with Crippen LogP contribution in [0.2, 0.25) is 0 Å². The van der Waals surface area contributed by atoms with E-state index in [1.807, 2.05) is 0 Å². The predicted molar refractivity (Wildman–Crippen MR) is 59.7 cm³/mol. The van der Waals surface area contributed by atoms with Crippen molar-refractivity contribution in [2.24, 2.45) is 11.7 Å². The maximum atomic E-state index is 5.98. The van der Waals surface area contributed by atoms with E-state index >= 15 is 0 Å². The molecule has 2 N–H and O–H groups in total. The number of ether oxygens (including phenoxy) is 1. The van der Waals surface area contributed by atoms with Crippen molar-refractivity contribution in [2.75, 3.05) is 7.11 Å². The third kappa shape index (κ3) is 4.25. The second kappa shape index (κ2) is 5.66. The molecule has 0 aliphatic carbocycles. The minimum Gasteiger partial charge on any atom is -0.481 e. The van der Waals surface area contributed by atoms with Crippen molar-refractivity contribution in [1.82, 2.24) is 9.97 Å². The second-order valence-corrected chi connectivity index (χ2v) is 4.11. The summed E-state index contributed by atoms with van der Waals surface area (Å²) in [6.07, 6.45) is 3.39. The lowest BCUT2D eigenvalue weighted by Crippen LogP contribution is -2.25. The molecule has 0 spiro atoms. The minimum absolute atomic E-state index is 0.122. The number of nitrogens with zero attached hydrogens (tertiary/aromatic N) is 2. The zero-order valence-corrected chi connectivity index (χ0v) is 9.60. The third-order valence-corrected chi connectivity index (χ3v) is 2.11. The summed E-state index contributed by atoms with van der Waals surface area (Å²) in [6.45, 7) is 4.32. The zero-order valence-electron chi connectivity index (χ0n) is 9.60. The third-order valence-electron chi connectivity index (χ3n) is 2.11. The number of rotatable bonds is 5. The Kier molecular flexibility index (Phi) is 4.49. The molecule has 0 saturated carbocycles. The summed E-state index contributed by atoms with van der Waals surface area (Å²) >= 11 is 0. The van der Waals surface area contributed by atoms with Gasteiger partial charge in [-0.3, -0.25) is 0 Å². The lowest BCUT2D eigenvalue weighted by molar-refractivity contribution is 0.393. The quantitative estimate of drug-likeness (QED) is 0.796. The second-order valence-electron chi connectivity index (χ2n) is 4.11. The molecule has 0 fully saturated rings. The van der Waals surface area contributed by atoms with Gasteiger partial charge in [-0.2, -0.15) is 4.98 Å². The van der Waals surface area contributed by atoms with Gasteiger partial charge in [-0.15, -0.1) is 0 Å². The fourth-order valence-electron chi connectivity index (χ4n) is 1.52. The summed E-state index contributed by atoms with van der Waals surface area (Å²) in [4.78, 5) is 8.39. The van der Waals surface area contributed by atoms with Crippen molar-refractivity contribution in [3.05, 3.63) is 18.1 Å². The molecule has 84 valence electrons. The summed E-state index contributed by atoms with van der Waals surface area (Å²) in [5, 5.41) is 0. The number of methoxy groups -OCH3 is 1. The Morgan fingerprint density at radius 2 is 2.20 bits per heavy atom. The van der Waals surface area contributed by atoms with E-state index in [-0.39, 0.29) is 6.04 Å². The fourth-order valence-corrected chi connectivity index (χ4v) is 1.52. The standard InChI is InChI=1S/C11H19N3O/c1-8(2)6-9(12)7-10-13-5-4-11(14-10)15-3/h4-5,8-9H,6-7,12H2,1-3H3. The molecule has 1 atom stereocenters. The molecule has 4 nitrogen and oxygen atoms in total. The predicted octanol–water partition coefficient (Wildman–Crippen LogP) is 1.40. The molecule has 1 unspecified atom stereocenters. The van der Waals surface area contributed by atoms with E-state index in [4.69, 9.17) is 10.5 Å². The van der Waals surface area contributed by atoms with Crippen LogP contribution in [0.5, 0.6) is 5.88 Å². The van der Waals surface area contributed by atoms with Crippen molar-refractivity contribution in [2.45, 2.75) is 32.7 Å². The summed E-state index contributed by atoms with van der Waals surface area (Å²) < 4.78 is 5.03. The zero-order chi connectivity index (χ0) is 11.3. The van der Waals surface area contributed by atoms with Crippen molar-refractivity contribution >= 4 is 0 Å². The van der Waals surface area contributed by atoms with E-state index in [1.165, 1.54) is 0 Å². The van der Waals surface area contributed by atoms with Crippen LogP contribution in [0.15, 0.2) is 12.3 Å². The van der Waals surface area contributed by atoms with Crippen LogP contribution in [-0.4, -0.2) is 23.1 Å². The summed E-state index contributed by atoms with van der Waals surface area (Å²) in [5.41, 5.74) is 5.98. The molecular weight excluding hydrogens is 190 g/mol. The topological polar surface area (TPSA) is 61.0 Å². The summed E-state index contributed by atoms with van der Waals surface area (Å²) in [6, 6.07) is 1.86. The largest absolute Gasteiger partial charge is 0.481 e. The smallest absolute Gasteiger partial charge is 0.216 e. The highest BCUT2D eigenvalue weighted by molar-refractivity contribution is 5.08. The highest BCUT2D eigenvalue weighted by Crippen LogP contribution is 2.09. The van der Waals surface area contributed by atoms with E-state index in [0.717, 1.165) is 12.2 Å². The molecular formula is C11H19N3O. The highest BCUT2D eigenvalue weighted by Gasteiger charge is 2.09. The van der Waals surface area contributed by atoms with E-state index in [2.05, 4.69) is 23.8 Å². The highest BCUT2D eigenvalue weighted by atomic mass is 16.5.